The van der Waals surface area contributed by atoms with E-state index in [0.717, 1.165) is 11.1 Å². The summed E-state index contributed by atoms with van der Waals surface area (Å²) in [5.74, 6) is -0.596. The number of imide groups is 1. The largest absolute Gasteiger partial charge is 0.494 e. The summed E-state index contributed by atoms with van der Waals surface area (Å²) in [5, 5.41) is 3.04. The van der Waals surface area contributed by atoms with Crippen molar-refractivity contribution in [3.63, 3.8) is 0 Å². The molecular weight excluding hydrogens is 407 g/mol. The van der Waals surface area contributed by atoms with Crippen molar-refractivity contribution in [3.05, 3.63) is 94.9 Å². The number of hydrogen-bond donors (Lipinski definition) is 1. The van der Waals surface area contributed by atoms with E-state index in [1.54, 1.807) is 30.3 Å². The molecule has 1 aliphatic heterocycles. The first-order valence-corrected chi connectivity index (χ1v) is 10.3. The molecule has 1 aliphatic rings. The van der Waals surface area contributed by atoms with E-state index in [1.807, 2.05) is 32.9 Å². The highest BCUT2D eigenvalue weighted by atomic mass is 19.1. The maximum atomic E-state index is 13.5. The Bertz CT molecular complexity index is 1210. The third-order valence-corrected chi connectivity index (χ3v) is 5.24. The van der Waals surface area contributed by atoms with Crippen LogP contribution in [0.1, 0.15) is 23.6 Å². The van der Waals surface area contributed by atoms with E-state index in [-0.39, 0.29) is 17.1 Å². The molecule has 3 aromatic carbocycles. The summed E-state index contributed by atoms with van der Waals surface area (Å²) in [5.41, 5.74) is 3.88. The fraction of sp³-hybridized carbons (Fsp3) is 0.154. The van der Waals surface area contributed by atoms with Gasteiger partial charge in [-0.25, -0.2) is 9.29 Å². The lowest BCUT2D eigenvalue weighted by Gasteiger charge is -2.18. The third kappa shape index (κ3) is 3.99. The van der Waals surface area contributed by atoms with E-state index in [1.165, 1.54) is 29.2 Å². The Morgan fingerprint density at radius 3 is 2.22 bits per heavy atom. The molecule has 0 aromatic heterocycles. The minimum atomic E-state index is -0.463. The number of rotatable bonds is 6. The summed E-state index contributed by atoms with van der Waals surface area (Å²) >= 11 is 0. The number of amides is 2. The Labute approximate surface area is 186 Å². The van der Waals surface area contributed by atoms with Crippen molar-refractivity contribution in [2.75, 3.05) is 16.8 Å². The number of carbonyl (C=O) groups is 2. The average Bonchev–Trinajstić information content (AvgIpc) is 3.00. The lowest BCUT2D eigenvalue weighted by molar-refractivity contribution is -0.120. The highest BCUT2D eigenvalue weighted by Gasteiger charge is 2.40. The van der Waals surface area contributed by atoms with Gasteiger partial charge in [0, 0.05) is 5.69 Å². The topological polar surface area (TPSA) is 58.6 Å². The van der Waals surface area contributed by atoms with Crippen LogP contribution in [0.15, 0.2) is 72.4 Å². The molecule has 0 fully saturated rings. The lowest BCUT2D eigenvalue weighted by Crippen LogP contribution is -2.33. The number of carbonyl (C=O) groups excluding carboxylic acids is 2. The molecule has 0 unspecified atom stereocenters. The van der Waals surface area contributed by atoms with Gasteiger partial charge in [0.25, 0.3) is 11.8 Å². The Morgan fingerprint density at radius 2 is 1.59 bits per heavy atom. The summed E-state index contributed by atoms with van der Waals surface area (Å²) in [6.07, 6.45) is 0. The van der Waals surface area contributed by atoms with Gasteiger partial charge in [0.15, 0.2) is 0 Å². The average molecular weight is 430 g/mol. The second-order valence-electron chi connectivity index (χ2n) is 7.57. The van der Waals surface area contributed by atoms with Crippen LogP contribution < -0.4 is 15.0 Å². The standard InChI is InChI=1S/C26H23FN2O3/c1-4-32-21-12-6-18(7-13-21)23-24(28-20-10-8-19(27)9-11-20)26(31)29(25(23)30)22-14-5-16(2)15-17(22)3/h5-15,28H,4H2,1-3H3. The smallest absolute Gasteiger partial charge is 0.282 e. The summed E-state index contributed by atoms with van der Waals surface area (Å²) in [4.78, 5) is 28.2. The van der Waals surface area contributed by atoms with Gasteiger partial charge >= 0.3 is 0 Å². The third-order valence-electron chi connectivity index (χ3n) is 5.24. The van der Waals surface area contributed by atoms with Gasteiger partial charge in [-0.15, -0.1) is 0 Å². The van der Waals surface area contributed by atoms with Gasteiger partial charge in [0.05, 0.1) is 17.9 Å². The van der Waals surface area contributed by atoms with Gasteiger partial charge < -0.3 is 10.1 Å². The van der Waals surface area contributed by atoms with Crippen molar-refractivity contribution in [3.8, 4) is 5.75 Å². The fourth-order valence-corrected chi connectivity index (χ4v) is 3.75. The highest BCUT2D eigenvalue weighted by molar-refractivity contribution is 6.46. The first-order chi connectivity index (χ1) is 15.4. The van der Waals surface area contributed by atoms with Crippen molar-refractivity contribution in [1.82, 2.24) is 0 Å². The molecule has 0 atom stereocenters. The van der Waals surface area contributed by atoms with E-state index >= 15 is 0 Å². The maximum Gasteiger partial charge on any atom is 0.282 e. The van der Waals surface area contributed by atoms with Gasteiger partial charge in [0.2, 0.25) is 0 Å². The van der Waals surface area contributed by atoms with E-state index in [2.05, 4.69) is 5.32 Å². The van der Waals surface area contributed by atoms with Crippen molar-refractivity contribution < 1.29 is 18.7 Å². The summed E-state index contributed by atoms with van der Waals surface area (Å²) in [6, 6.07) is 18.2. The van der Waals surface area contributed by atoms with Crippen LogP contribution in [-0.2, 0) is 9.59 Å². The number of ether oxygens (including phenoxy) is 1. The Morgan fingerprint density at radius 1 is 0.906 bits per heavy atom. The Hall–Kier alpha value is -3.93. The molecule has 1 N–H and O–H groups in total. The monoisotopic (exact) mass is 430 g/mol. The zero-order chi connectivity index (χ0) is 22.8. The van der Waals surface area contributed by atoms with E-state index < -0.39 is 11.8 Å². The molecular formula is C26H23FN2O3. The molecule has 4 rings (SSSR count). The molecule has 0 saturated carbocycles. The van der Waals surface area contributed by atoms with Crippen LogP contribution >= 0.6 is 0 Å². The summed E-state index contributed by atoms with van der Waals surface area (Å²) in [6.45, 7) is 6.24. The van der Waals surface area contributed by atoms with Crippen LogP contribution in [0.3, 0.4) is 0 Å². The molecule has 0 saturated heterocycles. The molecule has 162 valence electrons. The van der Waals surface area contributed by atoms with Gasteiger partial charge in [-0.3, -0.25) is 9.59 Å². The minimum absolute atomic E-state index is 0.144. The van der Waals surface area contributed by atoms with E-state index in [0.29, 0.717) is 29.3 Å². The highest BCUT2D eigenvalue weighted by Crippen LogP contribution is 2.35. The SMILES string of the molecule is CCOc1ccc(C2=C(Nc3ccc(F)cc3)C(=O)N(c3ccc(C)cc3C)C2=O)cc1. The Kier molecular flexibility index (Phi) is 5.77. The van der Waals surface area contributed by atoms with Gasteiger partial charge in [0.1, 0.15) is 17.3 Å². The summed E-state index contributed by atoms with van der Waals surface area (Å²) < 4.78 is 18.9. The molecule has 0 aliphatic carbocycles. The van der Waals surface area contributed by atoms with Gasteiger partial charge in [-0.1, -0.05) is 29.8 Å². The zero-order valence-electron chi connectivity index (χ0n) is 18.1. The van der Waals surface area contributed by atoms with Gasteiger partial charge in [-0.2, -0.15) is 0 Å². The predicted molar refractivity (Wildman–Crippen MR) is 123 cm³/mol. The molecule has 0 bridgehead atoms. The maximum absolute atomic E-state index is 13.5. The molecule has 3 aromatic rings. The molecule has 1 heterocycles. The number of aryl methyl sites for hydroxylation is 2. The molecule has 32 heavy (non-hydrogen) atoms. The number of nitrogens with one attached hydrogen (secondary N) is 1. The first-order valence-electron chi connectivity index (χ1n) is 10.3. The van der Waals surface area contributed by atoms with Gasteiger partial charge in [-0.05, 0) is 74.4 Å². The van der Waals surface area contributed by atoms with Crippen molar-refractivity contribution in [2.24, 2.45) is 0 Å². The van der Waals surface area contributed by atoms with Crippen LogP contribution in [-0.4, -0.2) is 18.4 Å². The molecule has 5 nitrogen and oxygen atoms in total. The second-order valence-corrected chi connectivity index (χ2v) is 7.57. The van der Waals surface area contributed by atoms with Crippen LogP contribution in [0.5, 0.6) is 5.75 Å². The molecule has 2 amide bonds. The number of anilines is 2. The van der Waals surface area contributed by atoms with Crippen molar-refractivity contribution >= 4 is 28.8 Å². The van der Waals surface area contributed by atoms with E-state index in [4.69, 9.17) is 4.74 Å². The van der Waals surface area contributed by atoms with E-state index in [9.17, 15) is 14.0 Å². The second kappa shape index (κ2) is 8.67. The number of benzene rings is 3. The fourth-order valence-electron chi connectivity index (χ4n) is 3.75. The summed E-state index contributed by atoms with van der Waals surface area (Å²) in [7, 11) is 0. The minimum Gasteiger partial charge on any atom is -0.494 e. The van der Waals surface area contributed by atoms with Crippen molar-refractivity contribution in [2.45, 2.75) is 20.8 Å². The zero-order valence-corrected chi connectivity index (χ0v) is 18.1. The quantitative estimate of drug-likeness (QED) is 0.544. The molecule has 0 spiro atoms. The van der Waals surface area contributed by atoms with Crippen LogP contribution in [0.2, 0.25) is 0 Å². The number of nitrogens with zero attached hydrogens (tertiary/aromatic N) is 1. The molecule has 0 radical (unpaired) electrons. The number of halogens is 1. The Balaban J connectivity index is 1.80. The normalized spacial score (nSPS) is 13.7. The molecule has 6 heteroatoms. The van der Waals surface area contributed by atoms with Crippen LogP contribution in [0.25, 0.3) is 5.57 Å². The lowest BCUT2D eigenvalue weighted by atomic mass is 10.0. The van der Waals surface area contributed by atoms with Crippen LogP contribution in [0, 0.1) is 19.7 Å². The number of hydrogen-bond acceptors (Lipinski definition) is 4. The first kappa shape index (κ1) is 21.3. The van der Waals surface area contributed by atoms with Crippen molar-refractivity contribution in [1.29, 1.82) is 0 Å². The van der Waals surface area contributed by atoms with Crippen LogP contribution in [0.4, 0.5) is 15.8 Å². The predicted octanol–water partition coefficient (Wildman–Crippen LogP) is 5.24.